The largest absolute Gasteiger partial charge is 0.497 e. The van der Waals surface area contributed by atoms with Crippen LogP contribution < -0.4 is 9.47 Å². The van der Waals surface area contributed by atoms with Crippen LogP contribution in [0.5, 0.6) is 11.5 Å². The van der Waals surface area contributed by atoms with Gasteiger partial charge in [0, 0.05) is 23.1 Å². The molecule has 0 aliphatic carbocycles. The number of hydrogen-bond donors (Lipinski definition) is 0. The molecule has 29 heavy (non-hydrogen) atoms. The van der Waals surface area contributed by atoms with Gasteiger partial charge in [0.05, 0.1) is 14.2 Å². The highest BCUT2D eigenvalue weighted by molar-refractivity contribution is 5.61. The molecule has 0 aromatic heterocycles. The maximum absolute atomic E-state index is 13.9. The van der Waals surface area contributed by atoms with Gasteiger partial charge in [-0.05, 0) is 29.8 Å². The summed E-state index contributed by atoms with van der Waals surface area (Å²) in [6, 6.07) is 11.5. The van der Waals surface area contributed by atoms with Crippen LogP contribution in [0.4, 0.5) is 13.2 Å². The van der Waals surface area contributed by atoms with Gasteiger partial charge in [-0.25, -0.2) is 0 Å². The molecule has 0 N–H and O–H groups in total. The monoisotopic (exact) mass is 412 g/mol. The van der Waals surface area contributed by atoms with E-state index in [1.807, 2.05) is 0 Å². The zero-order valence-corrected chi connectivity index (χ0v) is 15.7. The molecule has 2 rings (SSSR count). The van der Waals surface area contributed by atoms with Crippen molar-refractivity contribution >= 4 is 6.21 Å². The van der Waals surface area contributed by atoms with Crippen LogP contribution in [0.15, 0.2) is 53.7 Å². The van der Waals surface area contributed by atoms with E-state index in [0.29, 0.717) is 11.5 Å². The Labute approximate surface area is 164 Å². The number of benzene rings is 2. The summed E-state index contributed by atoms with van der Waals surface area (Å²) in [7, 11) is 2.86. The molecule has 0 fully saturated rings. The van der Waals surface area contributed by atoms with Crippen LogP contribution in [0.1, 0.15) is 11.1 Å². The molecule has 2 aromatic carbocycles. The van der Waals surface area contributed by atoms with Gasteiger partial charge < -0.3 is 14.3 Å². The molecule has 1 atom stereocenters. The summed E-state index contributed by atoms with van der Waals surface area (Å²) in [6.45, 7) is -1.54. The second kappa shape index (κ2) is 9.26. The van der Waals surface area contributed by atoms with Crippen molar-refractivity contribution in [3.8, 4) is 11.5 Å². The molecule has 0 radical (unpaired) electrons. The first-order valence-electron chi connectivity index (χ1n) is 8.38. The van der Waals surface area contributed by atoms with Gasteiger partial charge in [-0.3, -0.25) is 10.1 Å². The Morgan fingerprint density at radius 1 is 1.00 bits per heavy atom. The molecule has 0 amide bonds. The number of rotatable bonds is 9. The Morgan fingerprint density at radius 2 is 1.52 bits per heavy atom. The molecular weight excluding hydrogens is 393 g/mol. The van der Waals surface area contributed by atoms with Crippen LogP contribution in [-0.4, -0.2) is 38.1 Å². The summed E-state index contributed by atoms with van der Waals surface area (Å²) in [5.41, 5.74) is -2.95. The molecule has 2 aromatic rings. The van der Waals surface area contributed by atoms with Crippen molar-refractivity contribution in [2.75, 3.05) is 20.8 Å². The zero-order valence-electron chi connectivity index (χ0n) is 15.7. The highest BCUT2D eigenvalue weighted by atomic mass is 19.4. The van der Waals surface area contributed by atoms with Gasteiger partial charge in [0.15, 0.2) is 0 Å². The fraction of sp³-hybridized carbons (Fsp3) is 0.316. The molecule has 0 bridgehead atoms. The summed E-state index contributed by atoms with van der Waals surface area (Å²) in [6.07, 6.45) is -3.81. The third-order valence-corrected chi connectivity index (χ3v) is 4.14. The second-order valence-electron chi connectivity index (χ2n) is 5.98. The number of nitro groups is 1. The lowest BCUT2D eigenvalue weighted by molar-refractivity contribution is -0.522. The van der Waals surface area contributed by atoms with Crippen LogP contribution in [0, 0.1) is 10.1 Å². The lowest BCUT2D eigenvalue weighted by Crippen LogP contribution is -2.49. The van der Waals surface area contributed by atoms with Gasteiger partial charge in [-0.1, -0.05) is 29.4 Å². The van der Waals surface area contributed by atoms with Gasteiger partial charge >= 0.3 is 11.8 Å². The van der Waals surface area contributed by atoms with E-state index in [1.165, 1.54) is 26.4 Å². The Balaban J connectivity index is 2.28. The molecule has 0 saturated carbocycles. The highest BCUT2D eigenvalue weighted by Gasteiger charge is 2.63. The lowest BCUT2D eigenvalue weighted by atomic mass is 9.93. The molecule has 7 nitrogen and oxygen atoms in total. The van der Waals surface area contributed by atoms with E-state index < -0.39 is 28.8 Å². The molecule has 0 aliphatic rings. The average Bonchev–Trinajstić information content (AvgIpc) is 2.69. The average molecular weight is 412 g/mol. The van der Waals surface area contributed by atoms with Crippen molar-refractivity contribution in [1.29, 1.82) is 0 Å². The van der Waals surface area contributed by atoms with E-state index >= 15 is 0 Å². The number of nitrogens with zero attached hydrogens (tertiary/aromatic N) is 2. The van der Waals surface area contributed by atoms with E-state index in [4.69, 9.17) is 14.3 Å². The Bertz CT molecular complexity index is 838. The first-order chi connectivity index (χ1) is 13.7. The number of hydrogen-bond acceptors (Lipinski definition) is 6. The van der Waals surface area contributed by atoms with Gasteiger partial charge in [-0.15, -0.1) is 0 Å². The number of halogens is 3. The number of oxime groups is 1. The first-order valence-corrected chi connectivity index (χ1v) is 8.38. The van der Waals surface area contributed by atoms with Crippen molar-refractivity contribution in [3.63, 3.8) is 0 Å². The molecule has 156 valence electrons. The maximum atomic E-state index is 13.9. The van der Waals surface area contributed by atoms with E-state index in [1.54, 1.807) is 24.3 Å². The van der Waals surface area contributed by atoms with Gasteiger partial charge in [-0.2, -0.15) is 13.2 Å². The van der Waals surface area contributed by atoms with E-state index in [0.717, 1.165) is 23.9 Å². The predicted octanol–water partition coefficient (Wildman–Crippen LogP) is 3.98. The molecule has 0 unspecified atom stereocenters. The van der Waals surface area contributed by atoms with Crippen molar-refractivity contribution < 1.29 is 32.4 Å². The quantitative estimate of drug-likeness (QED) is 0.353. The Morgan fingerprint density at radius 3 is 1.97 bits per heavy atom. The summed E-state index contributed by atoms with van der Waals surface area (Å²) >= 11 is 0. The molecule has 0 spiro atoms. The SMILES string of the molecule is COc1ccc(C/C=N/O[C@](C[N+](=O)[O-])(c2ccc(OC)cc2)C(F)(F)F)cc1. The fourth-order valence-electron chi connectivity index (χ4n) is 2.55. The summed E-state index contributed by atoms with van der Waals surface area (Å²) < 4.78 is 51.6. The molecule has 0 aliphatic heterocycles. The fourth-order valence-corrected chi connectivity index (χ4v) is 2.55. The van der Waals surface area contributed by atoms with Crippen LogP contribution in [-0.2, 0) is 16.9 Å². The molecule has 0 saturated heterocycles. The topological polar surface area (TPSA) is 83.2 Å². The second-order valence-corrected chi connectivity index (χ2v) is 5.98. The number of ether oxygens (including phenoxy) is 2. The molecule has 10 heteroatoms. The minimum atomic E-state index is -5.09. The Hall–Kier alpha value is -3.30. The zero-order chi connectivity index (χ0) is 21.5. The summed E-state index contributed by atoms with van der Waals surface area (Å²) in [4.78, 5) is 14.7. The van der Waals surface area contributed by atoms with Crippen molar-refractivity contribution in [1.82, 2.24) is 0 Å². The lowest BCUT2D eigenvalue weighted by Gasteiger charge is -2.30. The number of alkyl halides is 3. The molecular formula is C19H19F3N2O5. The number of methoxy groups -OCH3 is 2. The van der Waals surface area contributed by atoms with E-state index in [9.17, 15) is 23.3 Å². The first kappa shape index (κ1) is 22.0. The minimum absolute atomic E-state index is 0.166. The Kier molecular flexibility index (Phi) is 7.03. The van der Waals surface area contributed by atoms with Crippen LogP contribution >= 0.6 is 0 Å². The van der Waals surface area contributed by atoms with E-state index in [-0.39, 0.29) is 6.42 Å². The van der Waals surface area contributed by atoms with Gasteiger partial charge in [0.25, 0.3) is 6.54 Å². The normalized spacial score (nSPS) is 13.7. The maximum Gasteiger partial charge on any atom is 0.442 e. The van der Waals surface area contributed by atoms with Crippen LogP contribution in [0.25, 0.3) is 0 Å². The van der Waals surface area contributed by atoms with Gasteiger partial charge in [0.1, 0.15) is 11.5 Å². The molecule has 0 heterocycles. The summed E-state index contributed by atoms with van der Waals surface area (Å²) in [5.74, 6) is 0.928. The standard InChI is InChI=1S/C19H19F3N2O5/c1-27-16-7-3-14(4-8-16)11-12-23-29-18(13-24(25)26,19(20,21)22)15-5-9-17(28-2)10-6-15/h3-10,12H,11,13H2,1-2H3/b23-12+/t18-/m1/s1. The third kappa shape index (κ3) is 5.37. The summed E-state index contributed by atoms with van der Waals surface area (Å²) in [5, 5.41) is 14.4. The van der Waals surface area contributed by atoms with E-state index in [2.05, 4.69) is 5.16 Å². The highest BCUT2D eigenvalue weighted by Crippen LogP contribution is 2.43. The van der Waals surface area contributed by atoms with Crippen molar-refractivity contribution in [3.05, 3.63) is 69.8 Å². The van der Waals surface area contributed by atoms with Crippen molar-refractivity contribution in [2.24, 2.45) is 5.16 Å². The van der Waals surface area contributed by atoms with Crippen molar-refractivity contribution in [2.45, 2.75) is 18.2 Å². The van der Waals surface area contributed by atoms with Gasteiger partial charge in [0.2, 0.25) is 0 Å². The third-order valence-electron chi connectivity index (χ3n) is 4.14. The minimum Gasteiger partial charge on any atom is -0.497 e. The predicted molar refractivity (Wildman–Crippen MR) is 98.9 cm³/mol. The van der Waals surface area contributed by atoms with Crippen LogP contribution in [0.3, 0.4) is 0 Å². The van der Waals surface area contributed by atoms with Crippen LogP contribution in [0.2, 0.25) is 0 Å². The smallest absolute Gasteiger partial charge is 0.442 e.